The highest BCUT2D eigenvalue weighted by molar-refractivity contribution is 5.90. The quantitative estimate of drug-likeness (QED) is 0.522. The number of fused-ring (bicyclic) bond motifs is 1. The van der Waals surface area contributed by atoms with Crippen molar-refractivity contribution >= 4 is 11.6 Å². The lowest BCUT2D eigenvalue weighted by molar-refractivity contribution is 0.0601. The first-order valence-electron chi connectivity index (χ1n) is 7.98. The van der Waals surface area contributed by atoms with Gasteiger partial charge in [-0.15, -0.1) is 0 Å². The average molecular weight is 328 g/mol. The number of pyridine rings is 1. The molecule has 0 aliphatic rings. The molecule has 0 saturated heterocycles. The third kappa shape index (κ3) is 2.78. The van der Waals surface area contributed by atoms with E-state index in [1.54, 1.807) is 12.1 Å². The minimum Gasteiger partial charge on any atom is -0.465 e. The lowest BCUT2D eigenvalue weighted by atomic mass is 10.1. The van der Waals surface area contributed by atoms with Crippen LogP contribution in [0.2, 0.25) is 0 Å². The second-order valence-corrected chi connectivity index (χ2v) is 5.71. The highest BCUT2D eigenvalue weighted by Gasteiger charge is 2.11. The minimum absolute atomic E-state index is 0.336. The van der Waals surface area contributed by atoms with Crippen LogP contribution >= 0.6 is 0 Å². The molecular weight excluding hydrogens is 312 g/mol. The maximum atomic E-state index is 11.6. The summed E-state index contributed by atoms with van der Waals surface area (Å²) >= 11 is 0. The normalized spacial score (nSPS) is 10.8. The fourth-order valence-corrected chi connectivity index (χ4v) is 2.89. The molecule has 0 unspecified atom stereocenters. The van der Waals surface area contributed by atoms with Crippen LogP contribution in [0.4, 0.5) is 0 Å². The zero-order valence-electron chi connectivity index (χ0n) is 13.7. The number of nitrogens with zero attached hydrogens (tertiary/aromatic N) is 2. The molecule has 0 spiro atoms. The van der Waals surface area contributed by atoms with Crippen LogP contribution in [0.1, 0.15) is 10.4 Å². The fourth-order valence-electron chi connectivity index (χ4n) is 2.89. The van der Waals surface area contributed by atoms with Crippen molar-refractivity contribution in [3.05, 3.63) is 84.7 Å². The second-order valence-electron chi connectivity index (χ2n) is 5.71. The number of hydrogen-bond acceptors (Lipinski definition) is 3. The highest BCUT2D eigenvalue weighted by Crippen LogP contribution is 2.27. The lowest BCUT2D eigenvalue weighted by Gasteiger charge is -2.05. The van der Waals surface area contributed by atoms with Crippen LogP contribution in [-0.4, -0.2) is 22.5 Å². The first-order valence-corrected chi connectivity index (χ1v) is 7.98. The Balaban J connectivity index is 1.80. The maximum Gasteiger partial charge on any atom is 0.337 e. The van der Waals surface area contributed by atoms with Gasteiger partial charge in [0.1, 0.15) is 5.65 Å². The predicted octanol–water partition coefficient (Wildman–Crippen LogP) is 4.45. The van der Waals surface area contributed by atoms with E-state index >= 15 is 0 Å². The Hall–Kier alpha value is -3.40. The topological polar surface area (TPSA) is 43.6 Å². The van der Waals surface area contributed by atoms with E-state index in [4.69, 9.17) is 9.72 Å². The van der Waals surface area contributed by atoms with Crippen molar-refractivity contribution in [3.8, 4) is 22.4 Å². The number of rotatable bonds is 3. The molecule has 2 aromatic carbocycles. The van der Waals surface area contributed by atoms with E-state index in [2.05, 4.69) is 0 Å². The van der Waals surface area contributed by atoms with E-state index in [-0.39, 0.29) is 5.97 Å². The number of aromatic nitrogens is 2. The van der Waals surface area contributed by atoms with Crippen molar-refractivity contribution in [3.63, 3.8) is 0 Å². The SMILES string of the molecule is COC(=O)c1ccc(-c2cccn3cc(-c4ccccc4)nc23)cc1. The van der Waals surface area contributed by atoms with Gasteiger partial charge in [0.15, 0.2) is 0 Å². The van der Waals surface area contributed by atoms with E-state index in [1.165, 1.54) is 7.11 Å². The van der Waals surface area contributed by atoms with Gasteiger partial charge in [-0.1, -0.05) is 42.5 Å². The highest BCUT2D eigenvalue weighted by atomic mass is 16.5. The van der Waals surface area contributed by atoms with Gasteiger partial charge in [0.05, 0.1) is 18.4 Å². The van der Waals surface area contributed by atoms with Crippen molar-refractivity contribution in [2.24, 2.45) is 0 Å². The van der Waals surface area contributed by atoms with Crippen LogP contribution in [0.15, 0.2) is 79.1 Å². The molecule has 4 heteroatoms. The van der Waals surface area contributed by atoms with Crippen molar-refractivity contribution in [2.75, 3.05) is 7.11 Å². The number of hydrogen-bond donors (Lipinski definition) is 0. The van der Waals surface area contributed by atoms with E-state index in [0.29, 0.717) is 5.56 Å². The predicted molar refractivity (Wildman–Crippen MR) is 97.4 cm³/mol. The molecule has 0 fully saturated rings. The van der Waals surface area contributed by atoms with Gasteiger partial charge in [0, 0.05) is 23.5 Å². The molecule has 0 atom stereocenters. The molecule has 4 rings (SSSR count). The van der Waals surface area contributed by atoms with Gasteiger partial charge in [0.25, 0.3) is 0 Å². The first kappa shape index (κ1) is 15.1. The molecule has 0 aliphatic heterocycles. The van der Waals surface area contributed by atoms with Crippen LogP contribution in [0.3, 0.4) is 0 Å². The summed E-state index contributed by atoms with van der Waals surface area (Å²) in [7, 11) is 1.38. The first-order chi connectivity index (χ1) is 12.3. The maximum absolute atomic E-state index is 11.6. The Morgan fingerprint density at radius 1 is 0.920 bits per heavy atom. The number of imidazole rings is 1. The summed E-state index contributed by atoms with van der Waals surface area (Å²) in [5, 5.41) is 0. The molecule has 0 N–H and O–H groups in total. The van der Waals surface area contributed by atoms with Gasteiger partial charge in [0.2, 0.25) is 0 Å². The van der Waals surface area contributed by atoms with Gasteiger partial charge in [-0.25, -0.2) is 9.78 Å². The standard InChI is InChI=1S/C21H16N2O2/c1-25-21(24)17-11-9-15(10-12-17)18-8-5-13-23-14-19(22-20(18)23)16-6-3-2-4-7-16/h2-14H,1H3. The third-order valence-electron chi connectivity index (χ3n) is 4.17. The minimum atomic E-state index is -0.336. The second kappa shape index (κ2) is 6.24. The number of carbonyl (C=O) groups excluding carboxylic acids is 1. The van der Waals surface area contributed by atoms with Crippen LogP contribution in [0, 0.1) is 0 Å². The molecule has 4 aromatic rings. The van der Waals surface area contributed by atoms with Crippen LogP contribution in [0.25, 0.3) is 28.0 Å². The Morgan fingerprint density at radius 3 is 2.40 bits per heavy atom. The average Bonchev–Trinajstić information content (AvgIpc) is 3.12. The Bertz CT molecular complexity index is 1030. The summed E-state index contributed by atoms with van der Waals surface area (Å²) in [6.07, 6.45) is 4.01. The summed E-state index contributed by atoms with van der Waals surface area (Å²) in [4.78, 5) is 16.4. The zero-order valence-corrected chi connectivity index (χ0v) is 13.7. The molecule has 0 aliphatic carbocycles. The number of esters is 1. The Labute approximate surface area is 145 Å². The summed E-state index contributed by atoms with van der Waals surface area (Å²) in [6, 6.07) is 21.5. The van der Waals surface area contributed by atoms with Crippen LogP contribution in [0.5, 0.6) is 0 Å². The van der Waals surface area contributed by atoms with Gasteiger partial charge in [-0.3, -0.25) is 0 Å². The molecular formula is C21H16N2O2. The van der Waals surface area contributed by atoms with E-state index in [0.717, 1.165) is 28.0 Å². The van der Waals surface area contributed by atoms with Gasteiger partial charge in [-0.05, 0) is 29.8 Å². The Morgan fingerprint density at radius 2 is 1.68 bits per heavy atom. The molecule has 0 amide bonds. The monoisotopic (exact) mass is 328 g/mol. The molecule has 25 heavy (non-hydrogen) atoms. The van der Waals surface area contributed by atoms with Crippen molar-refractivity contribution in [2.45, 2.75) is 0 Å². The number of ether oxygens (including phenoxy) is 1. The largest absolute Gasteiger partial charge is 0.465 e. The summed E-state index contributed by atoms with van der Waals surface area (Å²) in [5.74, 6) is -0.336. The van der Waals surface area contributed by atoms with Gasteiger partial charge >= 0.3 is 5.97 Å². The summed E-state index contributed by atoms with van der Waals surface area (Å²) < 4.78 is 6.77. The van der Waals surface area contributed by atoms with Crippen LogP contribution in [-0.2, 0) is 4.74 Å². The van der Waals surface area contributed by atoms with Crippen molar-refractivity contribution < 1.29 is 9.53 Å². The molecule has 0 radical (unpaired) electrons. The number of benzene rings is 2. The van der Waals surface area contributed by atoms with E-state index in [1.807, 2.05) is 71.4 Å². The lowest BCUT2D eigenvalue weighted by Crippen LogP contribution is -2.00. The fraction of sp³-hybridized carbons (Fsp3) is 0.0476. The van der Waals surface area contributed by atoms with E-state index in [9.17, 15) is 4.79 Å². The van der Waals surface area contributed by atoms with E-state index < -0.39 is 0 Å². The molecule has 0 saturated carbocycles. The molecule has 2 aromatic heterocycles. The summed E-state index contributed by atoms with van der Waals surface area (Å²) in [5.41, 5.74) is 5.45. The smallest absolute Gasteiger partial charge is 0.337 e. The molecule has 0 bridgehead atoms. The van der Waals surface area contributed by atoms with Gasteiger partial charge < -0.3 is 9.14 Å². The zero-order chi connectivity index (χ0) is 17.2. The Kier molecular flexibility index (Phi) is 3.78. The third-order valence-corrected chi connectivity index (χ3v) is 4.17. The van der Waals surface area contributed by atoms with Gasteiger partial charge in [-0.2, -0.15) is 0 Å². The number of methoxy groups -OCH3 is 1. The molecule has 2 heterocycles. The molecule has 4 nitrogen and oxygen atoms in total. The van der Waals surface area contributed by atoms with Crippen LogP contribution < -0.4 is 0 Å². The summed E-state index contributed by atoms with van der Waals surface area (Å²) in [6.45, 7) is 0. The molecule has 122 valence electrons. The number of carbonyl (C=O) groups is 1. The van der Waals surface area contributed by atoms with Crippen molar-refractivity contribution in [1.29, 1.82) is 0 Å². The van der Waals surface area contributed by atoms with Crippen molar-refractivity contribution in [1.82, 2.24) is 9.38 Å².